The zero-order chi connectivity index (χ0) is 14.8. The molecule has 3 aromatic carbocycles. The molecular formula is C17H11BrN2O. The number of hydrogen-bond acceptors (Lipinski definition) is 3. The maximum atomic E-state index is 9.21. The van der Waals surface area contributed by atoms with Gasteiger partial charge in [0.15, 0.2) is 0 Å². The summed E-state index contributed by atoms with van der Waals surface area (Å²) in [5.41, 5.74) is 7.16. The molecule has 0 amide bonds. The van der Waals surface area contributed by atoms with E-state index < -0.39 is 0 Å². The van der Waals surface area contributed by atoms with Gasteiger partial charge in [0.1, 0.15) is 17.6 Å². The normalized spacial score (nSPS) is 10.3. The van der Waals surface area contributed by atoms with Gasteiger partial charge in [-0.2, -0.15) is 5.26 Å². The summed E-state index contributed by atoms with van der Waals surface area (Å²) in [5, 5.41) is 11.1. The standard InChI is InChI=1S/C17H11BrN2O/c18-12-5-7-16(11(9-12)10-19)21-17-8-6-15(20)13-3-1-2-4-14(13)17/h1-9H,20H2. The number of benzene rings is 3. The van der Waals surface area contributed by atoms with Gasteiger partial charge in [0.2, 0.25) is 0 Å². The Kier molecular flexibility index (Phi) is 3.51. The van der Waals surface area contributed by atoms with Crippen LogP contribution in [0.3, 0.4) is 0 Å². The number of nitrogen functional groups attached to an aromatic ring is 1. The van der Waals surface area contributed by atoms with Crippen LogP contribution in [0.5, 0.6) is 11.5 Å². The molecule has 0 heterocycles. The molecule has 0 bridgehead atoms. The molecule has 0 aromatic heterocycles. The van der Waals surface area contributed by atoms with Gasteiger partial charge in [0.05, 0.1) is 5.56 Å². The average Bonchev–Trinajstić information content (AvgIpc) is 2.52. The van der Waals surface area contributed by atoms with Crippen molar-refractivity contribution in [2.75, 3.05) is 5.73 Å². The lowest BCUT2D eigenvalue weighted by atomic mass is 10.1. The number of nitrogens with zero attached hydrogens (tertiary/aromatic N) is 1. The fourth-order valence-electron chi connectivity index (χ4n) is 2.18. The van der Waals surface area contributed by atoms with E-state index in [0.717, 1.165) is 15.2 Å². The van der Waals surface area contributed by atoms with Crippen molar-refractivity contribution in [1.29, 1.82) is 5.26 Å². The molecule has 3 rings (SSSR count). The van der Waals surface area contributed by atoms with Crippen LogP contribution in [0.25, 0.3) is 10.8 Å². The van der Waals surface area contributed by atoms with E-state index in [1.54, 1.807) is 12.1 Å². The third-order valence-corrected chi connectivity index (χ3v) is 3.69. The Bertz CT molecular complexity index is 868. The average molecular weight is 339 g/mol. The Balaban J connectivity index is 2.11. The lowest BCUT2D eigenvalue weighted by Gasteiger charge is -2.11. The van der Waals surface area contributed by atoms with E-state index in [1.807, 2.05) is 42.5 Å². The molecule has 2 N–H and O–H groups in total. The predicted molar refractivity (Wildman–Crippen MR) is 87.3 cm³/mol. The smallest absolute Gasteiger partial charge is 0.145 e. The van der Waals surface area contributed by atoms with Crippen LogP contribution >= 0.6 is 15.9 Å². The van der Waals surface area contributed by atoms with Crippen molar-refractivity contribution in [2.45, 2.75) is 0 Å². The van der Waals surface area contributed by atoms with Crippen molar-refractivity contribution in [1.82, 2.24) is 0 Å². The van der Waals surface area contributed by atoms with E-state index in [0.29, 0.717) is 22.7 Å². The molecule has 0 saturated heterocycles. The van der Waals surface area contributed by atoms with Gasteiger partial charge >= 0.3 is 0 Å². The lowest BCUT2D eigenvalue weighted by Crippen LogP contribution is -1.92. The highest BCUT2D eigenvalue weighted by atomic mass is 79.9. The first-order valence-corrected chi connectivity index (χ1v) is 7.13. The van der Waals surface area contributed by atoms with Gasteiger partial charge < -0.3 is 10.5 Å². The van der Waals surface area contributed by atoms with E-state index in [2.05, 4.69) is 22.0 Å². The quantitative estimate of drug-likeness (QED) is 0.679. The number of rotatable bonds is 2. The van der Waals surface area contributed by atoms with Gasteiger partial charge in [-0.15, -0.1) is 0 Å². The second-order valence-electron chi connectivity index (χ2n) is 4.55. The Morgan fingerprint density at radius 2 is 1.67 bits per heavy atom. The maximum Gasteiger partial charge on any atom is 0.145 e. The van der Waals surface area contributed by atoms with Gasteiger partial charge in [-0.3, -0.25) is 0 Å². The molecule has 102 valence electrons. The Hall–Kier alpha value is -2.51. The molecule has 0 unspecified atom stereocenters. The second-order valence-corrected chi connectivity index (χ2v) is 5.47. The van der Waals surface area contributed by atoms with Gasteiger partial charge in [-0.25, -0.2) is 0 Å². The molecule has 0 spiro atoms. The highest BCUT2D eigenvalue weighted by Gasteiger charge is 2.09. The van der Waals surface area contributed by atoms with Crippen LogP contribution in [0, 0.1) is 11.3 Å². The Labute approximate surface area is 130 Å². The SMILES string of the molecule is N#Cc1cc(Br)ccc1Oc1ccc(N)c2ccccc12. The molecule has 3 aromatic rings. The number of ether oxygens (including phenoxy) is 1. The monoisotopic (exact) mass is 338 g/mol. The van der Waals surface area contributed by atoms with Crippen LogP contribution in [0.1, 0.15) is 5.56 Å². The van der Waals surface area contributed by atoms with Crippen LogP contribution in [0.2, 0.25) is 0 Å². The Morgan fingerprint density at radius 3 is 2.43 bits per heavy atom. The number of hydrogen-bond donors (Lipinski definition) is 1. The third kappa shape index (κ3) is 2.56. The summed E-state index contributed by atoms with van der Waals surface area (Å²) in [6, 6.07) is 18.9. The number of nitriles is 1. The summed E-state index contributed by atoms with van der Waals surface area (Å²) in [6.45, 7) is 0. The minimum Gasteiger partial charge on any atom is -0.455 e. The molecule has 0 aliphatic carbocycles. The van der Waals surface area contributed by atoms with Gasteiger partial charge in [0, 0.05) is 20.9 Å². The van der Waals surface area contributed by atoms with Crippen LogP contribution in [-0.4, -0.2) is 0 Å². The number of halogens is 1. The molecule has 4 heteroatoms. The molecule has 0 aliphatic rings. The zero-order valence-electron chi connectivity index (χ0n) is 11.0. The fourth-order valence-corrected chi connectivity index (χ4v) is 2.54. The molecular weight excluding hydrogens is 328 g/mol. The van der Waals surface area contributed by atoms with E-state index in [-0.39, 0.29) is 0 Å². The number of fused-ring (bicyclic) bond motifs is 1. The Morgan fingerprint density at radius 1 is 0.952 bits per heavy atom. The highest BCUT2D eigenvalue weighted by Crippen LogP contribution is 2.34. The first-order chi connectivity index (χ1) is 10.2. The van der Waals surface area contributed by atoms with Gasteiger partial charge in [-0.05, 0) is 30.3 Å². The number of nitrogens with two attached hydrogens (primary N) is 1. The van der Waals surface area contributed by atoms with Crippen molar-refractivity contribution in [3.63, 3.8) is 0 Å². The highest BCUT2D eigenvalue weighted by molar-refractivity contribution is 9.10. The molecule has 0 atom stereocenters. The van der Waals surface area contributed by atoms with Crippen LogP contribution in [0.15, 0.2) is 59.1 Å². The first-order valence-electron chi connectivity index (χ1n) is 6.34. The van der Waals surface area contributed by atoms with Crippen LogP contribution in [0.4, 0.5) is 5.69 Å². The van der Waals surface area contributed by atoms with E-state index in [1.165, 1.54) is 0 Å². The van der Waals surface area contributed by atoms with Crippen molar-refractivity contribution >= 4 is 32.4 Å². The minimum absolute atomic E-state index is 0.477. The largest absolute Gasteiger partial charge is 0.455 e. The lowest BCUT2D eigenvalue weighted by molar-refractivity contribution is 0.486. The van der Waals surface area contributed by atoms with Crippen LogP contribution in [-0.2, 0) is 0 Å². The minimum atomic E-state index is 0.477. The summed E-state index contributed by atoms with van der Waals surface area (Å²) in [5.74, 6) is 1.20. The van der Waals surface area contributed by atoms with Crippen molar-refractivity contribution in [3.05, 3.63) is 64.6 Å². The summed E-state index contributed by atoms with van der Waals surface area (Å²) in [4.78, 5) is 0. The van der Waals surface area contributed by atoms with Gasteiger partial charge in [0.25, 0.3) is 0 Å². The van der Waals surface area contributed by atoms with E-state index >= 15 is 0 Å². The molecule has 21 heavy (non-hydrogen) atoms. The maximum absolute atomic E-state index is 9.21. The molecule has 0 radical (unpaired) electrons. The summed E-state index contributed by atoms with van der Waals surface area (Å²) >= 11 is 3.35. The van der Waals surface area contributed by atoms with Crippen molar-refractivity contribution < 1.29 is 4.74 Å². The fraction of sp³-hybridized carbons (Fsp3) is 0. The summed E-state index contributed by atoms with van der Waals surface area (Å²) in [7, 11) is 0. The summed E-state index contributed by atoms with van der Waals surface area (Å²) < 4.78 is 6.77. The predicted octanol–water partition coefficient (Wildman–Crippen LogP) is 4.85. The third-order valence-electron chi connectivity index (χ3n) is 3.20. The van der Waals surface area contributed by atoms with Gasteiger partial charge in [-0.1, -0.05) is 40.2 Å². The first kappa shape index (κ1) is 13.5. The number of anilines is 1. The molecule has 0 saturated carbocycles. The van der Waals surface area contributed by atoms with Crippen LogP contribution < -0.4 is 10.5 Å². The molecule has 0 fully saturated rings. The topological polar surface area (TPSA) is 59.0 Å². The molecule has 3 nitrogen and oxygen atoms in total. The second kappa shape index (κ2) is 5.47. The molecule has 0 aliphatic heterocycles. The zero-order valence-corrected chi connectivity index (χ0v) is 12.6. The van der Waals surface area contributed by atoms with E-state index in [9.17, 15) is 5.26 Å². The summed E-state index contributed by atoms with van der Waals surface area (Å²) in [6.07, 6.45) is 0. The van der Waals surface area contributed by atoms with Crippen molar-refractivity contribution in [3.8, 4) is 17.6 Å². The van der Waals surface area contributed by atoms with Crippen molar-refractivity contribution in [2.24, 2.45) is 0 Å². The van der Waals surface area contributed by atoms with E-state index in [4.69, 9.17) is 10.5 Å².